The Morgan fingerprint density at radius 1 is 1.19 bits per heavy atom. The van der Waals surface area contributed by atoms with Crippen LogP contribution in [0.15, 0.2) is 42.5 Å². The number of hydrogen-bond acceptors (Lipinski definition) is 8. The van der Waals surface area contributed by atoms with Crippen LogP contribution in [0.3, 0.4) is 0 Å². The second-order valence-electron chi connectivity index (χ2n) is 6.99. The molecule has 2 aromatic rings. The molecular formula is C22H26N2O7. The molecule has 0 bridgehead atoms. The molecule has 1 aliphatic heterocycles. The molecule has 1 heterocycles. The van der Waals surface area contributed by atoms with Gasteiger partial charge in [-0.1, -0.05) is 18.2 Å². The van der Waals surface area contributed by atoms with Gasteiger partial charge in [-0.25, -0.2) is 4.79 Å². The molecule has 166 valence electrons. The van der Waals surface area contributed by atoms with Gasteiger partial charge in [0.1, 0.15) is 11.5 Å². The number of esters is 1. The van der Waals surface area contributed by atoms with Crippen LogP contribution in [0.25, 0.3) is 0 Å². The van der Waals surface area contributed by atoms with Crippen LogP contribution in [0.1, 0.15) is 24.1 Å². The Labute approximate surface area is 180 Å². The predicted molar refractivity (Wildman–Crippen MR) is 112 cm³/mol. The van der Waals surface area contributed by atoms with Gasteiger partial charge in [-0.15, -0.1) is 0 Å². The van der Waals surface area contributed by atoms with Gasteiger partial charge >= 0.3 is 5.97 Å². The van der Waals surface area contributed by atoms with Crippen molar-refractivity contribution in [2.45, 2.75) is 25.6 Å². The summed E-state index contributed by atoms with van der Waals surface area (Å²) in [6.07, 6.45) is -0.848. The Hall–Kier alpha value is -3.17. The molecule has 9 nitrogen and oxygen atoms in total. The number of hydrogen-bond donors (Lipinski definition) is 0. The number of rotatable bonds is 8. The Morgan fingerprint density at radius 3 is 2.55 bits per heavy atom. The smallest absolute Gasteiger partial charge is 0.337 e. The third-order valence-corrected chi connectivity index (χ3v) is 5.19. The first-order valence-corrected chi connectivity index (χ1v) is 9.96. The third-order valence-electron chi connectivity index (χ3n) is 5.19. The van der Waals surface area contributed by atoms with Crippen molar-refractivity contribution in [2.75, 3.05) is 34.0 Å². The number of nitro benzene ring substituents is 1. The Balaban J connectivity index is 1.96. The standard InChI is InChI=1S/C22H26N2O7/c1-4-30-22(25)21-20(15-5-8-17(9-6-15)24(26)27)23(11-12-31-21)14-16-7-10-18(28-2)13-19(16)29-3/h5-10,13,20-21H,4,11-12,14H2,1-3H3/t20-,21-/m0/s1. The monoisotopic (exact) mass is 430 g/mol. The third kappa shape index (κ3) is 5.12. The number of ether oxygens (including phenoxy) is 4. The van der Waals surface area contributed by atoms with E-state index in [1.54, 1.807) is 39.3 Å². The lowest BCUT2D eigenvalue weighted by Gasteiger charge is -2.40. The van der Waals surface area contributed by atoms with Crippen LogP contribution in [0, 0.1) is 10.1 Å². The normalized spacial score (nSPS) is 18.9. The van der Waals surface area contributed by atoms with Crippen LogP contribution in [-0.4, -0.2) is 55.9 Å². The molecule has 0 aromatic heterocycles. The zero-order valence-corrected chi connectivity index (χ0v) is 17.8. The summed E-state index contributed by atoms with van der Waals surface area (Å²) in [6, 6.07) is 11.3. The zero-order chi connectivity index (χ0) is 22.4. The van der Waals surface area contributed by atoms with Crippen LogP contribution in [-0.2, 0) is 20.8 Å². The lowest BCUT2D eigenvalue weighted by molar-refractivity contribution is -0.384. The van der Waals surface area contributed by atoms with Gasteiger partial charge < -0.3 is 18.9 Å². The van der Waals surface area contributed by atoms with Crippen molar-refractivity contribution in [3.05, 3.63) is 63.7 Å². The van der Waals surface area contributed by atoms with E-state index in [-0.39, 0.29) is 12.3 Å². The maximum absolute atomic E-state index is 12.6. The molecule has 1 aliphatic rings. The fraction of sp³-hybridized carbons (Fsp3) is 0.409. The van der Waals surface area contributed by atoms with Crippen LogP contribution < -0.4 is 9.47 Å². The van der Waals surface area contributed by atoms with Crippen molar-refractivity contribution < 1.29 is 28.7 Å². The zero-order valence-electron chi connectivity index (χ0n) is 17.8. The van der Waals surface area contributed by atoms with Gasteiger partial charge in [0, 0.05) is 36.9 Å². The summed E-state index contributed by atoms with van der Waals surface area (Å²) in [4.78, 5) is 25.3. The highest BCUT2D eigenvalue weighted by Crippen LogP contribution is 2.35. The number of benzene rings is 2. The van der Waals surface area contributed by atoms with E-state index in [1.807, 2.05) is 12.1 Å². The molecule has 0 unspecified atom stereocenters. The second kappa shape index (κ2) is 10.2. The van der Waals surface area contributed by atoms with Crippen molar-refractivity contribution in [2.24, 2.45) is 0 Å². The van der Waals surface area contributed by atoms with Gasteiger partial charge in [0.25, 0.3) is 5.69 Å². The summed E-state index contributed by atoms with van der Waals surface area (Å²) in [5.74, 6) is 0.886. The molecule has 0 radical (unpaired) electrons. The highest BCUT2D eigenvalue weighted by molar-refractivity contribution is 5.76. The van der Waals surface area contributed by atoms with E-state index < -0.39 is 23.0 Å². The number of non-ortho nitro benzene ring substituents is 1. The molecule has 2 aromatic carbocycles. The van der Waals surface area contributed by atoms with Crippen molar-refractivity contribution in [1.82, 2.24) is 4.90 Å². The van der Waals surface area contributed by atoms with E-state index in [0.717, 1.165) is 11.1 Å². The molecule has 31 heavy (non-hydrogen) atoms. The van der Waals surface area contributed by atoms with E-state index in [0.29, 0.717) is 31.2 Å². The molecule has 0 N–H and O–H groups in total. The molecule has 0 saturated carbocycles. The van der Waals surface area contributed by atoms with Crippen LogP contribution >= 0.6 is 0 Å². The minimum atomic E-state index is -0.848. The van der Waals surface area contributed by atoms with Gasteiger partial charge in [0.05, 0.1) is 38.4 Å². The van der Waals surface area contributed by atoms with Gasteiger partial charge in [0.2, 0.25) is 0 Å². The average Bonchev–Trinajstić information content (AvgIpc) is 2.79. The van der Waals surface area contributed by atoms with Crippen molar-refractivity contribution in [3.63, 3.8) is 0 Å². The van der Waals surface area contributed by atoms with E-state index in [1.165, 1.54) is 12.1 Å². The van der Waals surface area contributed by atoms with Crippen LogP contribution in [0.2, 0.25) is 0 Å². The van der Waals surface area contributed by atoms with E-state index in [4.69, 9.17) is 18.9 Å². The summed E-state index contributed by atoms with van der Waals surface area (Å²) >= 11 is 0. The number of methoxy groups -OCH3 is 2. The summed E-state index contributed by atoms with van der Waals surface area (Å²) in [5, 5.41) is 11.0. The molecule has 0 amide bonds. The van der Waals surface area contributed by atoms with Gasteiger partial charge in [-0.05, 0) is 18.6 Å². The molecule has 2 atom stereocenters. The Bertz CT molecular complexity index is 917. The fourth-order valence-electron chi connectivity index (χ4n) is 3.70. The Kier molecular flexibility index (Phi) is 7.43. The van der Waals surface area contributed by atoms with Crippen molar-refractivity contribution in [1.29, 1.82) is 0 Å². The lowest BCUT2D eigenvalue weighted by atomic mass is 9.96. The minimum absolute atomic E-state index is 0.0171. The van der Waals surface area contributed by atoms with Gasteiger partial charge in [-0.2, -0.15) is 0 Å². The van der Waals surface area contributed by atoms with Crippen LogP contribution in [0.5, 0.6) is 11.5 Å². The van der Waals surface area contributed by atoms with Crippen molar-refractivity contribution >= 4 is 11.7 Å². The number of nitrogens with zero attached hydrogens (tertiary/aromatic N) is 2. The Morgan fingerprint density at radius 2 is 1.94 bits per heavy atom. The van der Waals surface area contributed by atoms with E-state index in [2.05, 4.69) is 4.90 Å². The molecule has 1 fully saturated rings. The predicted octanol–water partition coefficient (Wildman–Crippen LogP) is 3.12. The molecule has 1 saturated heterocycles. The first-order chi connectivity index (χ1) is 15.0. The van der Waals surface area contributed by atoms with Crippen LogP contribution in [0.4, 0.5) is 5.69 Å². The summed E-state index contributed by atoms with van der Waals surface area (Å²) in [5.41, 5.74) is 1.63. The number of nitro groups is 1. The molecule has 0 aliphatic carbocycles. The molecule has 3 rings (SSSR count). The summed E-state index contributed by atoms with van der Waals surface area (Å²) in [6.45, 7) is 3.37. The number of carbonyl (C=O) groups excluding carboxylic acids is 1. The average molecular weight is 430 g/mol. The first kappa shape index (κ1) is 22.5. The van der Waals surface area contributed by atoms with E-state index >= 15 is 0 Å². The maximum Gasteiger partial charge on any atom is 0.337 e. The van der Waals surface area contributed by atoms with Crippen molar-refractivity contribution in [3.8, 4) is 11.5 Å². The first-order valence-electron chi connectivity index (χ1n) is 9.96. The minimum Gasteiger partial charge on any atom is -0.497 e. The van der Waals surface area contributed by atoms with Gasteiger partial charge in [-0.3, -0.25) is 15.0 Å². The highest BCUT2D eigenvalue weighted by atomic mass is 16.6. The second-order valence-corrected chi connectivity index (χ2v) is 6.99. The summed E-state index contributed by atoms with van der Waals surface area (Å²) < 4.78 is 21.8. The fourth-order valence-corrected chi connectivity index (χ4v) is 3.70. The SMILES string of the molecule is CCOC(=O)[C@H]1OCCN(Cc2ccc(OC)cc2OC)[C@H]1c1ccc([N+](=O)[O-])cc1. The number of morpholine rings is 1. The maximum atomic E-state index is 12.6. The molecular weight excluding hydrogens is 404 g/mol. The van der Waals surface area contributed by atoms with E-state index in [9.17, 15) is 14.9 Å². The molecule has 0 spiro atoms. The highest BCUT2D eigenvalue weighted by Gasteiger charge is 2.39. The largest absolute Gasteiger partial charge is 0.497 e. The lowest BCUT2D eigenvalue weighted by Crippen LogP contribution is -2.48. The molecule has 9 heteroatoms. The quantitative estimate of drug-likeness (QED) is 0.358. The van der Waals surface area contributed by atoms with Gasteiger partial charge in [0.15, 0.2) is 6.10 Å². The number of carbonyl (C=O) groups is 1. The summed E-state index contributed by atoms with van der Waals surface area (Å²) in [7, 11) is 3.18. The topological polar surface area (TPSA) is 100 Å².